The summed E-state index contributed by atoms with van der Waals surface area (Å²) < 4.78 is 2.20. The van der Waals surface area contributed by atoms with Crippen LogP contribution in [-0.4, -0.2) is 55.8 Å². The number of likely N-dealkylation sites (N-methyl/N-ethyl adjacent to an activating group) is 1. The second-order valence-electron chi connectivity index (χ2n) is 10.9. The zero-order chi connectivity index (χ0) is 25.3. The maximum absolute atomic E-state index is 6.43. The number of anilines is 1. The predicted molar refractivity (Wildman–Crippen MR) is 154 cm³/mol. The molecule has 0 amide bonds. The van der Waals surface area contributed by atoms with Crippen molar-refractivity contribution in [2.75, 3.05) is 38.1 Å². The Kier molecular flexibility index (Phi) is 7.66. The predicted octanol–water partition coefficient (Wildman–Crippen LogP) is 7.00. The number of halogens is 1. The van der Waals surface area contributed by atoms with Crippen LogP contribution in [0.1, 0.15) is 47.4 Å². The smallest absolute Gasteiger partial charge is 0.190 e. The summed E-state index contributed by atoms with van der Waals surface area (Å²) in [5.41, 5.74) is 9.89. The molecule has 0 atom stereocenters. The van der Waals surface area contributed by atoms with E-state index in [4.69, 9.17) is 16.6 Å². The van der Waals surface area contributed by atoms with Crippen LogP contribution in [0.15, 0.2) is 42.5 Å². The molecular formula is C29H39ClN4Si. The molecular weight excluding hydrogens is 468 g/mol. The van der Waals surface area contributed by atoms with Gasteiger partial charge in [-0.05, 0) is 66.0 Å². The van der Waals surface area contributed by atoms with Crippen molar-refractivity contribution < 1.29 is 0 Å². The van der Waals surface area contributed by atoms with Crippen LogP contribution in [0.5, 0.6) is 0 Å². The van der Waals surface area contributed by atoms with Gasteiger partial charge >= 0.3 is 0 Å². The number of imidazole rings is 1. The van der Waals surface area contributed by atoms with Crippen LogP contribution >= 0.6 is 11.6 Å². The molecule has 35 heavy (non-hydrogen) atoms. The van der Waals surface area contributed by atoms with Gasteiger partial charge in [-0.15, -0.1) is 5.54 Å². The minimum atomic E-state index is -1.89. The van der Waals surface area contributed by atoms with Crippen molar-refractivity contribution in [3.8, 4) is 17.2 Å². The third-order valence-corrected chi connectivity index (χ3v) is 14.4. The number of rotatable bonds is 5. The van der Waals surface area contributed by atoms with E-state index in [2.05, 4.69) is 98.7 Å². The van der Waals surface area contributed by atoms with E-state index in [0.717, 1.165) is 48.7 Å². The highest BCUT2D eigenvalue weighted by Gasteiger charge is 2.41. The lowest BCUT2D eigenvalue weighted by Crippen LogP contribution is -2.44. The van der Waals surface area contributed by atoms with Gasteiger partial charge < -0.3 is 9.80 Å². The summed E-state index contributed by atoms with van der Waals surface area (Å²) in [5, 5.41) is 0.716. The zero-order valence-electron chi connectivity index (χ0n) is 22.3. The third-order valence-electron chi connectivity index (χ3n) is 7.83. The first-order valence-corrected chi connectivity index (χ1v) is 15.5. The lowest BCUT2D eigenvalue weighted by Gasteiger charge is -2.38. The number of hydrogen-bond donors (Lipinski definition) is 0. The van der Waals surface area contributed by atoms with Crippen LogP contribution in [0.3, 0.4) is 0 Å². The first-order valence-electron chi connectivity index (χ1n) is 12.9. The number of fused-ring (bicyclic) bond motifs is 1. The molecule has 4 nitrogen and oxygen atoms in total. The minimum absolute atomic E-state index is 0.572. The number of benzene rings is 2. The van der Waals surface area contributed by atoms with Crippen molar-refractivity contribution in [1.29, 1.82) is 0 Å². The van der Waals surface area contributed by atoms with E-state index in [-0.39, 0.29) is 0 Å². The highest BCUT2D eigenvalue weighted by atomic mass is 35.5. The van der Waals surface area contributed by atoms with Gasteiger partial charge in [0.1, 0.15) is 8.07 Å². The van der Waals surface area contributed by atoms with Crippen molar-refractivity contribution in [3.63, 3.8) is 0 Å². The number of hydrogen-bond acceptors (Lipinski definition) is 3. The molecule has 0 spiro atoms. The normalized spacial score (nSPS) is 15.3. The molecule has 4 rings (SSSR count). The molecule has 3 aromatic rings. The molecule has 0 bridgehead atoms. The quantitative estimate of drug-likeness (QED) is 0.275. The third kappa shape index (κ3) is 5.02. The van der Waals surface area contributed by atoms with E-state index in [1.807, 2.05) is 18.2 Å². The molecule has 1 aromatic heterocycles. The molecule has 1 saturated heterocycles. The van der Waals surface area contributed by atoms with E-state index in [1.54, 1.807) is 0 Å². The number of piperazine rings is 1. The Morgan fingerprint density at radius 2 is 1.51 bits per heavy atom. The maximum atomic E-state index is 6.43. The molecule has 1 aliphatic heterocycles. The van der Waals surface area contributed by atoms with Gasteiger partial charge in [0.2, 0.25) is 0 Å². The average molecular weight is 507 g/mol. The van der Waals surface area contributed by atoms with Crippen LogP contribution < -0.4 is 4.90 Å². The van der Waals surface area contributed by atoms with E-state index < -0.39 is 8.07 Å². The Balaban J connectivity index is 1.90. The van der Waals surface area contributed by atoms with E-state index in [9.17, 15) is 0 Å². The highest BCUT2D eigenvalue weighted by Crippen LogP contribution is 2.41. The summed E-state index contributed by atoms with van der Waals surface area (Å²) in [6.45, 7) is 18.3. The van der Waals surface area contributed by atoms with Crippen molar-refractivity contribution in [2.24, 2.45) is 0 Å². The van der Waals surface area contributed by atoms with Crippen LogP contribution in [-0.2, 0) is 0 Å². The van der Waals surface area contributed by atoms with Gasteiger partial charge in [-0.3, -0.25) is 4.57 Å². The fourth-order valence-corrected chi connectivity index (χ4v) is 11.3. The summed E-state index contributed by atoms with van der Waals surface area (Å²) in [5.74, 6) is 4.41. The summed E-state index contributed by atoms with van der Waals surface area (Å²) in [4.78, 5) is 9.89. The molecule has 1 aliphatic rings. The minimum Gasteiger partial charge on any atom is -0.369 e. The Hall–Kier alpha value is -2.26. The lowest BCUT2D eigenvalue weighted by molar-refractivity contribution is 0.313. The van der Waals surface area contributed by atoms with Gasteiger partial charge in [0, 0.05) is 42.6 Å². The highest BCUT2D eigenvalue weighted by molar-refractivity contribution is 6.90. The Morgan fingerprint density at radius 1 is 0.857 bits per heavy atom. The second kappa shape index (κ2) is 10.4. The zero-order valence-corrected chi connectivity index (χ0v) is 24.0. The number of nitrogens with zero attached hydrogens (tertiary/aromatic N) is 4. The van der Waals surface area contributed by atoms with E-state index in [1.165, 1.54) is 5.69 Å². The topological polar surface area (TPSA) is 24.3 Å². The molecule has 0 radical (unpaired) electrons. The van der Waals surface area contributed by atoms with Crippen molar-refractivity contribution in [1.82, 2.24) is 14.5 Å². The van der Waals surface area contributed by atoms with Crippen molar-refractivity contribution in [2.45, 2.75) is 58.2 Å². The van der Waals surface area contributed by atoms with Crippen LogP contribution in [0.25, 0.3) is 16.7 Å². The fourth-order valence-electron chi connectivity index (χ4n) is 5.88. The van der Waals surface area contributed by atoms with Gasteiger partial charge in [0.05, 0.1) is 11.0 Å². The summed E-state index contributed by atoms with van der Waals surface area (Å²) in [7, 11) is 0.297. The van der Waals surface area contributed by atoms with E-state index in [0.29, 0.717) is 21.6 Å². The standard InChI is InChI=1S/C29H39ClN4Si/c1-21(2)35(22(3)4,23(5)6)18-13-29-31-27-12-11-25(33-16-14-32(7)15-17-33)20-28(27)34(29)26-10-8-9-24(30)19-26/h8-12,19-23H,14-17H2,1-7H3. The largest absolute Gasteiger partial charge is 0.369 e. The number of aromatic nitrogens is 2. The monoisotopic (exact) mass is 506 g/mol. The fraction of sp³-hybridized carbons (Fsp3) is 0.483. The van der Waals surface area contributed by atoms with Gasteiger partial charge in [-0.1, -0.05) is 59.2 Å². The molecule has 6 heteroatoms. The molecule has 1 fully saturated rings. The Bertz CT molecular complexity index is 1220. The second-order valence-corrected chi connectivity index (χ2v) is 16.9. The average Bonchev–Trinajstić information content (AvgIpc) is 3.17. The van der Waals surface area contributed by atoms with Crippen molar-refractivity contribution in [3.05, 3.63) is 53.3 Å². The van der Waals surface area contributed by atoms with E-state index >= 15 is 0 Å². The molecule has 2 aromatic carbocycles. The van der Waals surface area contributed by atoms with Crippen LogP contribution in [0.2, 0.25) is 21.6 Å². The summed E-state index contributed by atoms with van der Waals surface area (Å²) >= 11 is 6.43. The molecule has 0 N–H and O–H groups in total. The maximum Gasteiger partial charge on any atom is 0.190 e. The van der Waals surface area contributed by atoms with Gasteiger partial charge in [-0.2, -0.15) is 0 Å². The van der Waals surface area contributed by atoms with Crippen molar-refractivity contribution >= 4 is 36.4 Å². The SMILES string of the molecule is CC(C)[Si](C#Cc1nc2ccc(N3CCN(C)CC3)cc2n1-c1cccc(Cl)c1)(C(C)C)C(C)C. The van der Waals surface area contributed by atoms with Crippen LogP contribution in [0, 0.1) is 11.5 Å². The summed E-state index contributed by atoms with van der Waals surface area (Å²) in [6, 6.07) is 14.6. The Morgan fingerprint density at radius 3 is 2.11 bits per heavy atom. The molecule has 0 unspecified atom stereocenters. The molecule has 186 valence electrons. The lowest BCUT2D eigenvalue weighted by atomic mass is 10.2. The molecule has 0 aliphatic carbocycles. The first-order chi connectivity index (χ1) is 16.6. The molecule has 2 heterocycles. The first kappa shape index (κ1) is 25.8. The van der Waals surface area contributed by atoms with Crippen LogP contribution in [0.4, 0.5) is 5.69 Å². The Labute approximate surface area is 217 Å². The van der Waals surface area contributed by atoms with Gasteiger partial charge in [-0.25, -0.2) is 4.98 Å². The van der Waals surface area contributed by atoms with Gasteiger partial charge in [0.15, 0.2) is 5.82 Å². The van der Waals surface area contributed by atoms with Gasteiger partial charge in [0.25, 0.3) is 0 Å². The molecule has 0 saturated carbocycles. The summed E-state index contributed by atoms with van der Waals surface area (Å²) in [6.07, 6.45) is 0.